The molecular weight excluding hydrogens is 390 g/mol. The van der Waals surface area contributed by atoms with E-state index in [1.807, 2.05) is 19.9 Å². The molecule has 1 aromatic heterocycles. The SMILES string of the molecule is CC(C)[C@@H](N)C(=O)N[C@@H](CC1CCCC2CCCCC21)C(=O)NCc1ccc(N)nc1. The van der Waals surface area contributed by atoms with Crippen LogP contribution >= 0.6 is 0 Å². The first-order chi connectivity index (χ1) is 14.8. The summed E-state index contributed by atoms with van der Waals surface area (Å²) in [6.45, 7) is 4.19. The highest BCUT2D eigenvalue weighted by atomic mass is 16.2. The van der Waals surface area contributed by atoms with Crippen molar-refractivity contribution in [3.63, 3.8) is 0 Å². The third-order valence-electron chi connectivity index (χ3n) is 7.23. The molecule has 7 heteroatoms. The summed E-state index contributed by atoms with van der Waals surface area (Å²) >= 11 is 0. The number of hydrogen-bond donors (Lipinski definition) is 4. The van der Waals surface area contributed by atoms with Crippen LogP contribution in [0.3, 0.4) is 0 Å². The van der Waals surface area contributed by atoms with Crippen LogP contribution < -0.4 is 22.1 Å². The normalized spacial score (nSPS) is 25.4. The van der Waals surface area contributed by atoms with Gasteiger partial charge < -0.3 is 22.1 Å². The second kappa shape index (κ2) is 10.9. The van der Waals surface area contributed by atoms with Gasteiger partial charge in [0.05, 0.1) is 6.04 Å². The number of nitrogens with one attached hydrogen (secondary N) is 2. The van der Waals surface area contributed by atoms with Gasteiger partial charge in [0.1, 0.15) is 11.9 Å². The summed E-state index contributed by atoms with van der Waals surface area (Å²) in [7, 11) is 0. The summed E-state index contributed by atoms with van der Waals surface area (Å²) < 4.78 is 0. The lowest BCUT2D eigenvalue weighted by Gasteiger charge is -2.42. The Hall–Kier alpha value is -2.15. The fourth-order valence-corrected chi connectivity index (χ4v) is 5.32. The molecule has 0 aliphatic heterocycles. The predicted octanol–water partition coefficient (Wildman–Crippen LogP) is 2.74. The first-order valence-electron chi connectivity index (χ1n) is 11.9. The Balaban J connectivity index is 1.68. The lowest BCUT2D eigenvalue weighted by atomic mass is 9.64. The lowest BCUT2D eigenvalue weighted by Crippen LogP contribution is -2.54. The van der Waals surface area contributed by atoms with Crippen molar-refractivity contribution >= 4 is 17.6 Å². The first kappa shape index (κ1) is 23.5. The summed E-state index contributed by atoms with van der Waals surface area (Å²) in [6, 6.07) is 2.38. The van der Waals surface area contributed by atoms with Gasteiger partial charge in [-0.3, -0.25) is 9.59 Å². The molecule has 5 atom stereocenters. The van der Waals surface area contributed by atoms with Gasteiger partial charge in [0.2, 0.25) is 11.8 Å². The molecule has 3 unspecified atom stereocenters. The highest BCUT2D eigenvalue weighted by molar-refractivity contribution is 5.89. The molecule has 31 heavy (non-hydrogen) atoms. The number of pyridine rings is 1. The van der Waals surface area contributed by atoms with Crippen LogP contribution in [-0.4, -0.2) is 28.9 Å². The number of rotatable bonds is 8. The van der Waals surface area contributed by atoms with E-state index in [-0.39, 0.29) is 17.7 Å². The van der Waals surface area contributed by atoms with Gasteiger partial charge in [-0.05, 0) is 48.1 Å². The summed E-state index contributed by atoms with van der Waals surface area (Å²) in [5.74, 6) is 1.99. The second-order valence-corrected chi connectivity index (χ2v) is 9.78. The van der Waals surface area contributed by atoms with E-state index < -0.39 is 12.1 Å². The van der Waals surface area contributed by atoms with E-state index >= 15 is 0 Å². The number of aromatic nitrogens is 1. The molecule has 6 N–H and O–H groups in total. The average Bonchev–Trinajstić information content (AvgIpc) is 2.77. The van der Waals surface area contributed by atoms with Crippen molar-refractivity contribution < 1.29 is 9.59 Å². The number of hydrogen-bond acceptors (Lipinski definition) is 5. The Morgan fingerprint density at radius 1 is 1.10 bits per heavy atom. The number of amides is 2. The zero-order valence-corrected chi connectivity index (χ0v) is 19.0. The van der Waals surface area contributed by atoms with Crippen molar-refractivity contribution in [2.45, 2.75) is 83.8 Å². The second-order valence-electron chi connectivity index (χ2n) is 9.78. The van der Waals surface area contributed by atoms with Gasteiger partial charge in [-0.1, -0.05) is 58.4 Å². The number of anilines is 1. The van der Waals surface area contributed by atoms with Crippen LogP contribution in [-0.2, 0) is 16.1 Å². The highest BCUT2D eigenvalue weighted by Gasteiger charge is 2.37. The number of fused-ring (bicyclic) bond motifs is 1. The maximum Gasteiger partial charge on any atom is 0.242 e. The minimum absolute atomic E-state index is 0.0157. The van der Waals surface area contributed by atoms with Crippen LogP contribution in [0.1, 0.15) is 70.8 Å². The highest BCUT2D eigenvalue weighted by Crippen LogP contribution is 2.45. The zero-order valence-electron chi connectivity index (χ0n) is 19.0. The van der Waals surface area contributed by atoms with E-state index in [1.165, 1.54) is 38.5 Å². The van der Waals surface area contributed by atoms with Crippen LogP contribution in [0.15, 0.2) is 18.3 Å². The predicted molar refractivity (Wildman–Crippen MR) is 123 cm³/mol. The Morgan fingerprint density at radius 3 is 2.55 bits per heavy atom. The molecule has 0 radical (unpaired) electrons. The number of nitrogens with two attached hydrogens (primary N) is 2. The third kappa shape index (κ3) is 6.42. The van der Waals surface area contributed by atoms with E-state index in [4.69, 9.17) is 11.5 Å². The molecule has 0 saturated heterocycles. The molecule has 3 rings (SSSR count). The smallest absolute Gasteiger partial charge is 0.242 e. The fraction of sp³-hybridized carbons (Fsp3) is 0.708. The van der Waals surface area contributed by atoms with Gasteiger partial charge in [-0.15, -0.1) is 0 Å². The van der Waals surface area contributed by atoms with Crippen LogP contribution in [0.2, 0.25) is 0 Å². The molecule has 0 bridgehead atoms. The maximum absolute atomic E-state index is 13.1. The Kier molecular flexibility index (Phi) is 8.29. The molecule has 172 valence electrons. The van der Waals surface area contributed by atoms with Crippen molar-refractivity contribution in [1.82, 2.24) is 15.6 Å². The lowest BCUT2D eigenvalue weighted by molar-refractivity contribution is -0.131. The van der Waals surface area contributed by atoms with E-state index in [2.05, 4.69) is 15.6 Å². The fourth-order valence-electron chi connectivity index (χ4n) is 5.32. The van der Waals surface area contributed by atoms with Gasteiger partial charge in [-0.25, -0.2) is 4.98 Å². The molecule has 2 fully saturated rings. The van der Waals surface area contributed by atoms with Crippen molar-refractivity contribution in [3.8, 4) is 0 Å². The summed E-state index contributed by atoms with van der Waals surface area (Å²) in [5, 5.41) is 5.95. The molecule has 2 aliphatic carbocycles. The van der Waals surface area contributed by atoms with E-state index in [9.17, 15) is 9.59 Å². The Bertz CT molecular complexity index is 734. The molecule has 1 aromatic rings. The number of carbonyl (C=O) groups excluding carboxylic acids is 2. The molecular formula is C24H39N5O2. The summed E-state index contributed by atoms with van der Waals surface area (Å²) in [5.41, 5.74) is 12.6. The Labute approximate surface area is 186 Å². The molecule has 2 aliphatic rings. The minimum atomic E-state index is -0.620. The third-order valence-corrected chi connectivity index (χ3v) is 7.23. The van der Waals surface area contributed by atoms with Gasteiger partial charge in [0, 0.05) is 12.7 Å². The Morgan fingerprint density at radius 2 is 1.84 bits per heavy atom. The quantitative estimate of drug-likeness (QED) is 0.506. The zero-order chi connectivity index (χ0) is 22.4. The number of nitrogen functional groups attached to an aromatic ring is 1. The molecule has 1 heterocycles. The molecule has 0 aromatic carbocycles. The van der Waals surface area contributed by atoms with E-state index in [0.717, 1.165) is 17.9 Å². The maximum atomic E-state index is 13.1. The minimum Gasteiger partial charge on any atom is -0.384 e. The van der Waals surface area contributed by atoms with Crippen molar-refractivity contribution in [2.24, 2.45) is 29.4 Å². The van der Waals surface area contributed by atoms with Gasteiger partial charge >= 0.3 is 0 Å². The van der Waals surface area contributed by atoms with Gasteiger partial charge in [0.15, 0.2) is 0 Å². The van der Waals surface area contributed by atoms with Crippen LogP contribution in [0.25, 0.3) is 0 Å². The van der Waals surface area contributed by atoms with E-state index in [0.29, 0.717) is 30.6 Å². The number of carbonyl (C=O) groups is 2. The number of nitrogens with zero attached hydrogens (tertiary/aromatic N) is 1. The molecule has 7 nitrogen and oxygen atoms in total. The van der Waals surface area contributed by atoms with Crippen LogP contribution in [0.5, 0.6) is 0 Å². The van der Waals surface area contributed by atoms with Crippen molar-refractivity contribution in [2.75, 3.05) is 5.73 Å². The molecule has 0 spiro atoms. The van der Waals surface area contributed by atoms with E-state index in [1.54, 1.807) is 12.3 Å². The van der Waals surface area contributed by atoms with Gasteiger partial charge in [-0.2, -0.15) is 0 Å². The summed E-state index contributed by atoms with van der Waals surface area (Å²) in [6.07, 6.45) is 11.2. The molecule has 2 amide bonds. The largest absolute Gasteiger partial charge is 0.384 e. The molecule has 2 saturated carbocycles. The average molecular weight is 430 g/mol. The van der Waals surface area contributed by atoms with Crippen molar-refractivity contribution in [1.29, 1.82) is 0 Å². The monoisotopic (exact) mass is 429 g/mol. The van der Waals surface area contributed by atoms with Gasteiger partial charge in [0.25, 0.3) is 0 Å². The van der Waals surface area contributed by atoms with Crippen molar-refractivity contribution in [3.05, 3.63) is 23.9 Å². The summed E-state index contributed by atoms with van der Waals surface area (Å²) in [4.78, 5) is 29.9. The first-order valence-corrected chi connectivity index (χ1v) is 11.9. The van der Waals surface area contributed by atoms with Crippen LogP contribution in [0.4, 0.5) is 5.82 Å². The standard InChI is InChI=1S/C24H39N5O2/c1-15(2)22(26)24(31)29-20(23(30)28-14-16-10-11-21(25)27-13-16)12-18-8-5-7-17-6-3-4-9-19(17)18/h10-11,13,15,17-20,22H,3-9,12,14,26H2,1-2H3,(H2,25,27)(H,28,30)(H,29,31)/t17?,18?,19?,20-,22+/m0/s1. The van der Waals surface area contributed by atoms with Crippen LogP contribution in [0, 0.1) is 23.7 Å². The topological polar surface area (TPSA) is 123 Å².